The molecular weight excluding hydrogens is 250 g/mol. The standard InChI is InChI=1S/C14H20ClNO2/c1-3-10(2)13(9-17)16-14(18)8-11-4-6-12(15)7-5-11/h4-7,10,13,17H,3,8-9H2,1-2H3,(H,16,18)/t10-,13+/m0/s1. The van der Waals surface area contributed by atoms with Crippen LogP contribution in [0, 0.1) is 5.92 Å². The van der Waals surface area contributed by atoms with Crippen molar-refractivity contribution in [1.82, 2.24) is 5.32 Å². The second-order valence-electron chi connectivity index (χ2n) is 4.55. The zero-order chi connectivity index (χ0) is 13.5. The molecule has 0 aliphatic heterocycles. The highest BCUT2D eigenvalue weighted by Crippen LogP contribution is 2.11. The number of carbonyl (C=O) groups is 1. The van der Waals surface area contributed by atoms with E-state index >= 15 is 0 Å². The summed E-state index contributed by atoms with van der Waals surface area (Å²) >= 11 is 5.78. The van der Waals surface area contributed by atoms with Gasteiger partial charge < -0.3 is 10.4 Å². The van der Waals surface area contributed by atoms with Gasteiger partial charge in [-0.25, -0.2) is 0 Å². The molecule has 0 aliphatic rings. The second-order valence-corrected chi connectivity index (χ2v) is 4.98. The summed E-state index contributed by atoms with van der Waals surface area (Å²) in [6.45, 7) is 4.03. The fraction of sp³-hybridized carbons (Fsp3) is 0.500. The largest absolute Gasteiger partial charge is 0.394 e. The number of aliphatic hydroxyl groups excluding tert-OH is 1. The molecule has 0 spiro atoms. The second kappa shape index (κ2) is 7.39. The topological polar surface area (TPSA) is 49.3 Å². The van der Waals surface area contributed by atoms with Gasteiger partial charge in [0.1, 0.15) is 0 Å². The Kier molecular flexibility index (Phi) is 6.16. The maximum absolute atomic E-state index is 11.8. The highest BCUT2D eigenvalue weighted by molar-refractivity contribution is 6.30. The van der Waals surface area contributed by atoms with Crippen molar-refractivity contribution in [1.29, 1.82) is 0 Å². The van der Waals surface area contributed by atoms with Gasteiger partial charge in [-0.15, -0.1) is 0 Å². The first-order valence-corrected chi connectivity index (χ1v) is 6.59. The predicted molar refractivity (Wildman–Crippen MR) is 73.6 cm³/mol. The van der Waals surface area contributed by atoms with E-state index in [1.807, 2.05) is 26.0 Å². The number of hydrogen-bond donors (Lipinski definition) is 2. The first kappa shape index (κ1) is 15.0. The molecule has 0 saturated carbocycles. The minimum absolute atomic E-state index is 0.0264. The lowest BCUT2D eigenvalue weighted by Gasteiger charge is -2.22. The summed E-state index contributed by atoms with van der Waals surface area (Å²) in [4.78, 5) is 11.8. The van der Waals surface area contributed by atoms with Crippen molar-refractivity contribution in [2.75, 3.05) is 6.61 Å². The SMILES string of the molecule is CC[C@H](C)[C@@H](CO)NC(=O)Cc1ccc(Cl)cc1. The van der Waals surface area contributed by atoms with Crippen molar-refractivity contribution in [2.24, 2.45) is 5.92 Å². The third-order valence-electron chi connectivity index (χ3n) is 3.15. The zero-order valence-corrected chi connectivity index (χ0v) is 11.6. The van der Waals surface area contributed by atoms with E-state index in [-0.39, 0.29) is 24.5 Å². The molecule has 1 rings (SSSR count). The Labute approximate surface area is 113 Å². The Hall–Kier alpha value is -1.06. The lowest BCUT2D eigenvalue weighted by atomic mass is 9.99. The number of rotatable bonds is 6. The lowest BCUT2D eigenvalue weighted by molar-refractivity contribution is -0.121. The van der Waals surface area contributed by atoms with Crippen LogP contribution in [0.2, 0.25) is 5.02 Å². The van der Waals surface area contributed by atoms with Crippen LogP contribution in [0.5, 0.6) is 0 Å². The molecule has 0 heterocycles. The Morgan fingerprint density at radius 3 is 2.50 bits per heavy atom. The van der Waals surface area contributed by atoms with Crippen molar-refractivity contribution >= 4 is 17.5 Å². The highest BCUT2D eigenvalue weighted by atomic mass is 35.5. The molecule has 0 unspecified atom stereocenters. The van der Waals surface area contributed by atoms with E-state index in [2.05, 4.69) is 5.32 Å². The van der Waals surface area contributed by atoms with E-state index < -0.39 is 0 Å². The summed E-state index contributed by atoms with van der Waals surface area (Å²) in [7, 11) is 0. The van der Waals surface area contributed by atoms with Crippen molar-refractivity contribution in [3.05, 3.63) is 34.9 Å². The number of nitrogens with one attached hydrogen (secondary N) is 1. The molecule has 1 aromatic carbocycles. The zero-order valence-electron chi connectivity index (χ0n) is 10.8. The van der Waals surface area contributed by atoms with E-state index in [0.717, 1.165) is 12.0 Å². The number of amides is 1. The van der Waals surface area contributed by atoms with Crippen LogP contribution in [0.3, 0.4) is 0 Å². The van der Waals surface area contributed by atoms with Gasteiger partial charge in [0.15, 0.2) is 0 Å². The van der Waals surface area contributed by atoms with E-state index in [0.29, 0.717) is 11.4 Å². The summed E-state index contributed by atoms with van der Waals surface area (Å²) in [6, 6.07) is 7.03. The molecule has 1 amide bonds. The summed E-state index contributed by atoms with van der Waals surface area (Å²) in [5.74, 6) is 0.195. The smallest absolute Gasteiger partial charge is 0.224 e. The number of carbonyl (C=O) groups excluding carboxylic acids is 1. The molecule has 0 aliphatic carbocycles. The molecule has 2 N–H and O–H groups in total. The van der Waals surface area contributed by atoms with Crippen molar-refractivity contribution in [2.45, 2.75) is 32.7 Å². The van der Waals surface area contributed by atoms with Crippen molar-refractivity contribution in [3.63, 3.8) is 0 Å². The average molecular weight is 270 g/mol. The van der Waals surface area contributed by atoms with Crippen LogP contribution in [-0.2, 0) is 11.2 Å². The summed E-state index contributed by atoms with van der Waals surface area (Å²) in [6.07, 6.45) is 1.23. The molecule has 0 bridgehead atoms. The van der Waals surface area contributed by atoms with Gasteiger partial charge in [-0.2, -0.15) is 0 Å². The monoisotopic (exact) mass is 269 g/mol. The van der Waals surface area contributed by atoms with Crippen LogP contribution in [0.15, 0.2) is 24.3 Å². The Morgan fingerprint density at radius 2 is 2.00 bits per heavy atom. The number of aliphatic hydroxyl groups is 1. The minimum atomic E-state index is -0.171. The third kappa shape index (κ3) is 4.67. The van der Waals surface area contributed by atoms with E-state index in [1.54, 1.807) is 12.1 Å². The molecule has 0 fully saturated rings. The first-order chi connectivity index (χ1) is 8.56. The van der Waals surface area contributed by atoms with Gasteiger partial charge in [0.25, 0.3) is 0 Å². The predicted octanol–water partition coefficient (Wildman–Crippen LogP) is 2.41. The Balaban J connectivity index is 2.52. The first-order valence-electron chi connectivity index (χ1n) is 6.21. The molecule has 0 aromatic heterocycles. The average Bonchev–Trinajstić information content (AvgIpc) is 2.37. The van der Waals surface area contributed by atoms with Gasteiger partial charge in [0, 0.05) is 5.02 Å². The van der Waals surface area contributed by atoms with Gasteiger partial charge in [0.2, 0.25) is 5.91 Å². The Morgan fingerprint density at radius 1 is 1.39 bits per heavy atom. The molecule has 4 heteroatoms. The fourth-order valence-electron chi connectivity index (χ4n) is 1.70. The maximum atomic E-state index is 11.8. The normalized spacial score (nSPS) is 14.0. The van der Waals surface area contributed by atoms with Crippen molar-refractivity contribution < 1.29 is 9.90 Å². The van der Waals surface area contributed by atoms with Crippen LogP contribution in [0.1, 0.15) is 25.8 Å². The van der Waals surface area contributed by atoms with Crippen LogP contribution in [-0.4, -0.2) is 23.7 Å². The van der Waals surface area contributed by atoms with Gasteiger partial charge >= 0.3 is 0 Å². The molecule has 2 atom stereocenters. The summed E-state index contributed by atoms with van der Waals surface area (Å²) in [5, 5.41) is 12.8. The molecular formula is C14H20ClNO2. The van der Waals surface area contributed by atoms with E-state index in [4.69, 9.17) is 11.6 Å². The van der Waals surface area contributed by atoms with E-state index in [9.17, 15) is 9.90 Å². The number of benzene rings is 1. The van der Waals surface area contributed by atoms with Crippen LogP contribution in [0.25, 0.3) is 0 Å². The number of hydrogen-bond acceptors (Lipinski definition) is 2. The fourth-order valence-corrected chi connectivity index (χ4v) is 1.82. The van der Waals surface area contributed by atoms with Gasteiger partial charge in [-0.05, 0) is 23.6 Å². The quantitative estimate of drug-likeness (QED) is 0.833. The minimum Gasteiger partial charge on any atom is -0.394 e. The number of halogens is 1. The molecule has 100 valence electrons. The van der Waals surface area contributed by atoms with Crippen LogP contribution < -0.4 is 5.32 Å². The summed E-state index contributed by atoms with van der Waals surface area (Å²) in [5.41, 5.74) is 0.915. The van der Waals surface area contributed by atoms with Gasteiger partial charge in [-0.3, -0.25) is 4.79 Å². The Bertz CT molecular complexity index is 378. The lowest BCUT2D eigenvalue weighted by Crippen LogP contribution is -2.42. The van der Waals surface area contributed by atoms with E-state index in [1.165, 1.54) is 0 Å². The highest BCUT2D eigenvalue weighted by Gasteiger charge is 2.17. The van der Waals surface area contributed by atoms with Crippen LogP contribution >= 0.6 is 11.6 Å². The van der Waals surface area contributed by atoms with Crippen molar-refractivity contribution in [3.8, 4) is 0 Å². The third-order valence-corrected chi connectivity index (χ3v) is 3.40. The maximum Gasteiger partial charge on any atom is 0.224 e. The van der Waals surface area contributed by atoms with Gasteiger partial charge in [-0.1, -0.05) is 44.0 Å². The molecule has 0 saturated heterocycles. The molecule has 0 radical (unpaired) electrons. The van der Waals surface area contributed by atoms with Gasteiger partial charge in [0.05, 0.1) is 19.1 Å². The molecule has 18 heavy (non-hydrogen) atoms. The van der Waals surface area contributed by atoms with Crippen LogP contribution in [0.4, 0.5) is 0 Å². The summed E-state index contributed by atoms with van der Waals surface area (Å²) < 4.78 is 0. The molecule has 3 nitrogen and oxygen atoms in total. The molecule has 1 aromatic rings.